The Labute approximate surface area is 122 Å². The lowest BCUT2D eigenvalue weighted by atomic mass is 10.1. The average Bonchev–Trinajstić information content (AvgIpc) is 2.89. The number of aromatic carboxylic acids is 1. The van der Waals surface area contributed by atoms with Crippen LogP contribution in [0.2, 0.25) is 0 Å². The van der Waals surface area contributed by atoms with Crippen molar-refractivity contribution in [2.45, 2.75) is 6.42 Å². The maximum absolute atomic E-state index is 11.3. The van der Waals surface area contributed by atoms with E-state index in [9.17, 15) is 9.90 Å². The number of hydrogen-bond acceptors (Lipinski definition) is 4. The van der Waals surface area contributed by atoms with E-state index in [2.05, 4.69) is 9.88 Å². The summed E-state index contributed by atoms with van der Waals surface area (Å²) in [4.78, 5) is 17.7. The lowest BCUT2D eigenvalue weighted by molar-refractivity contribution is 0.0692. The third kappa shape index (κ3) is 2.56. The molecule has 1 aliphatic heterocycles. The number of para-hydroxylation sites is 1. The van der Waals surface area contributed by atoms with E-state index in [1.54, 1.807) is 18.3 Å². The normalized spacial score (nSPS) is 13.7. The van der Waals surface area contributed by atoms with E-state index in [1.807, 2.05) is 23.9 Å². The Bertz CT molecular complexity index is 666. The van der Waals surface area contributed by atoms with Gasteiger partial charge in [0, 0.05) is 32.4 Å². The molecule has 0 bridgehead atoms. The average molecular weight is 287 g/mol. The van der Waals surface area contributed by atoms with Crippen molar-refractivity contribution in [3.8, 4) is 5.75 Å². The van der Waals surface area contributed by atoms with E-state index in [1.165, 1.54) is 0 Å². The minimum Gasteiger partial charge on any atom is -0.489 e. The number of aryl methyl sites for hydroxylation is 1. The molecule has 2 aromatic rings. The lowest BCUT2D eigenvalue weighted by Crippen LogP contribution is -2.35. The fourth-order valence-electron chi connectivity index (χ4n) is 2.58. The van der Waals surface area contributed by atoms with Crippen LogP contribution in [0.4, 0.5) is 5.69 Å². The van der Waals surface area contributed by atoms with E-state index < -0.39 is 5.97 Å². The SMILES string of the molecule is Cn1ccnc1CCN1CCOc2c(C(=O)O)cccc21. The van der Waals surface area contributed by atoms with Crippen LogP contribution in [0, 0.1) is 0 Å². The number of benzene rings is 1. The summed E-state index contributed by atoms with van der Waals surface area (Å²) >= 11 is 0. The summed E-state index contributed by atoms with van der Waals surface area (Å²) in [5, 5.41) is 9.23. The highest BCUT2D eigenvalue weighted by Gasteiger charge is 2.23. The highest BCUT2D eigenvalue weighted by atomic mass is 16.5. The molecule has 0 atom stereocenters. The highest BCUT2D eigenvalue weighted by Crippen LogP contribution is 2.34. The molecule has 0 fully saturated rings. The van der Waals surface area contributed by atoms with Crippen LogP contribution in [0.15, 0.2) is 30.6 Å². The number of ether oxygens (including phenoxy) is 1. The minimum atomic E-state index is -0.960. The number of carboxylic acid groups (broad SMARTS) is 1. The van der Waals surface area contributed by atoms with E-state index in [0.717, 1.165) is 31.0 Å². The lowest BCUT2D eigenvalue weighted by Gasteiger charge is -2.31. The molecular weight excluding hydrogens is 270 g/mol. The van der Waals surface area contributed by atoms with Crippen molar-refractivity contribution in [3.63, 3.8) is 0 Å². The fourth-order valence-corrected chi connectivity index (χ4v) is 2.58. The van der Waals surface area contributed by atoms with Gasteiger partial charge in [-0.25, -0.2) is 9.78 Å². The second kappa shape index (κ2) is 5.47. The molecule has 0 spiro atoms. The van der Waals surface area contributed by atoms with Crippen molar-refractivity contribution < 1.29 is 14.6 Å². The van der Waals surface area contributed by atoms with E-state index in [-0.39, 0.29) is 5.56 Å². The molecule has 2 heterocycles. The standard InChI is InChI=1S/C15H17N3O3/c1-17-8-6-16-13(17)5-7-18-9-10-21-14-11(15(19)20)3-2-4-12(14)18/h2-4,6,8H,5,7,9-10H2,1H3,(H,19,20). The van der Waals surface area contributed by atoms with Crippen LogP contribution in [0.25, 0.3) is 0 Å². The number of carbonyl (C=O) groups is 1. The second-order valence-corrected chi connectivity index (χ2v) is 5.00. The van der Waals surface area contributed by atoms with Crippen molar-refractivity contribution in [2.75, 3.05) is 24.6 Å². The van der Waals surface area contributed by atoms with Gasteiger partial charge in [-0.05, 0) is 12.1 Å². The predicted octanol–water partition coefficient (Wildman–Crippen LogP) is 1.56. The van der Waals surface area contributed by atoms with E-state index in [0.29, 0.717) is 12.4 Å². The Balaban J connectivity index is 1.82. The molecule has 110 valence electrons. The number of carboxylic acids is 1. The van der Waals surface area contributed by atoms with Gasteiger partial charge in [-0.2, -0.15) is 0 Å². The number of fused-ring (bicyclic) bond motifs is 1. The van der Waals surface area contributed by atoms with Gasteiger partial charge in [-0.15, -0.1) is 0 Å². The van der Waals surface area contributed by atoms with Crippen LogP contribution in [0.3, 0.4) is 0 Å². The Kier molecular flexibility index (Phi) is 3.51. The summed E-state index contributed by atoms with van der Waals surface area (Å²) in [6.45, 7) is 2.03. The third-order valence-corrected chi connectivity index (χ3v) is 3.70. The number of rotatable bonds is 4. The van der Waals surface area contributed by atoms with Gasteiger partial charge in [0.15, 0.2) is 5.75 Å². The van der Waals surface area contributed by atoms with E-state index in [4.69, 9.17) is 4.74 Å². The zero-order chi connectivity index (χ0) is 14.8. The first-order valence-corrected chi connectivity index (χ1v) is 6.87. The molecule has 1 N–H and O–H groups in total. The van der Waals surface area contributed by atoms with Crippen LogP contribution >= 0.6 is 0 Å². The zero-order valence-corrected chi connectivity index (χ0v) is 11.8. The van der Waals surface area contributed by atoms with Gasteiger partial charge in [-0.3, -0.25) is 0 Å². The summed E-state index contributed by atoms with van der Waals surface area (Å²) in [7, 11) is 1.97. The van der Waals surface area contributed by atoms with Crippen LogP contribution < -0.4 is 9.64 Å². The van der Waals surface area contributed by atoms with Crippen molar-refractivity contribution in [1.82, 2.24) is 9.55 Å². The van der Waals surface area contributed by atoms with Crippen molar-refractivity contribution in [2.24, 2.45) is 7.05 Å². The Morgan fingerprint density at radius 3 is 3.05 bits per heavy atom. The summed E-state index contributed by atoms with van der Waals surface area (Å²) in [5.41, 5.74) is 1.06. The van der Waals surface area contributed by atoms with Gasteiger partial charge in [0.1, 0.15) is 18.0 Å². The summed E-state index contributed by atoms with van der Waals surface area (Å²) < 4.78 is 7.56. The summed E-state index contributed by atoms with van der Waals surface area (Å²) in [6.07, 6.45) is 4.51. The summed E-state index contributed by atoms with van der Waals surface area (Å²) in [6, 6.07) is 5.23. The molecule has 3 rings (SSSR count). The molecule has 6 nitrogen and oxygen atoms in total. The molecule has 0 saturated carbocycles. The summed E-state index contributed by atoms with van der Waals surface area (Å²) in [5.74, 6) is 0.520. The van der Waals surface area contributed by atoms with Gasteiger partial charge in [-0.1, -0.05) is 6.07 Å². The maximum atomic E-state index is 11.3. The monoisotopic (exact) mass is 287 g/mol. The Hall–Kier alpha value is -2.50. The second-order valence-electron chi connectivity index (χ2n) is 5.00. The van der Waals surface area contributed by atoms with Crippen LogP contribution in [0.1, 0.15) is 16.2 Å². The number of nitrogens with zero attached hydrogens (tertiary/aromatic N) is 3. The smallest absolute Gasteiger partial charge is 0.339 e. The zero-order valence-electron chi connectivity index (χ0n) is 11.8. The molecule has 21 heavy (non-hydrogen) atoms. The van der Waals surface area contributed by atoms with E-state index >= 15 is 0 Å². The van der Waals surface area contributed by atoms with Gasteiger partial charge in [0.25, 0.3) is 0 Å². The molecule has 0 radical (unpaired) electrons. The van der Waals surface area contributed by atoms with Crippen molar-refractivity contribution >= 4 is 11.7 Å². The number of imidazole rings is 1. The first-order chi connectivity index (χ1) is 10.2. The molecule has 0 unspecified atom stereocenters. The van der Waals surface area contributed by atoms with Crippen molar-refractivity contribution in [3.05, 3.63) is 42.0 Å². The van der Waals surface area contributed by atoms with Gasteiger partial charge in [0.2, 0.25) is 0 Å². The first-order valence-electron chi connectivity index (χ1n) is 6.87. The van der Waals surface area contributed by atoms with Crippen molar-refractivity contribution in [1.29, 1.82) is 0 Å². The largest absolute Gasteiger partial charge is 0.489 e. The van der Waals surface area contributed by atoms with Crippen LogP contribution in [-0.4, -0.2) is 40.3 Å². The molecular formula is C15H17N3O3. The number of aromatic nitrogens is 2. The fraction of sp³-hybridized carbons (Fsp3) is 0.333. The molecule has 6 heteroatoms. The van der Waals surface area contributed by atoms with Gasteiger partial charge in [0.05, 0.1) is 12.2 Å². The highest BCUT2D eigenvalue weighted by molar-refractivity contribution is 5.93. The Morgan fingerprint density at radius 1 is 1.48 bits per heavy atom. The molecule has 1 aliphatic rings. The minimum absolute atomic E-state index is 0.217. The van der Waals surface area contributed by atoms with Gasteiger partial charge >= 0.3 is 5.97 Å². The van der Waals surface area contributed by atoms with Crippen LogP contribution in [-0.2, 0) is 13.5 Å². The molecule has 0 saturated heterocycles. The topological polar surface area (TPSA) is 67.6 Å². The molecule has 1 aromatic carbocycles. The van der Waals surface area contributed by atoms with Crippen LogP contribution in [0.5, 0.6) is 5.75 Å². The first kappa shape index (κ1) is 13.5. The quantitative estimate of drug-likeness (QED) is 0.924. The number of hydrogen-bond donors (Lipinski definition) is 1. The maximum Gasteiger partial charge on any atom is 0.339 e. The predicted molar refractivity (Wildman–Crippen MR) is 78.0 cm³/mol. The third-order valence-electron chi connectivity index (χ3n) is 3.70. The molecule has 0 aliphatic carbocycles. The van der Waals surface area contributed by atoms with Gasteiger partial charge < -0.3 is 19.3 Å². The molecule has 1 aromatic heterocycles. The number of anilines is 1. The Morgan fingerprint density at radius 2 is 2.33 bits per heavy atom. The molecule has 0 amide bonds.